The molecule has 1 aliphatic carbocycles. The van der Waals surface area contributed by atoms with Gasteiger partial charge < -0.3 is 20.5 Å². The number of methoxy groups -OCH3 is 2. The number of nitrogens with two attached hydrogens (primary N) is 1. The fraction of sp³-hybridized carbons (Fsp3) is 0.240. The number of nitrogens with one attached hydrogen (secondary N) is 1. The van der Waals surface area contributed by atoms with E-state index in [1.165, 1.54) is 0 Å². The number of para-hydroxylation sites is 1. The Kier molecular flexibility index (Phi) is 6.07. The van der Waals surface area contributed by atoms with Crippen LogP contribution in [0.5, 0.6) is 11.5 Å². The van der Waals surface area contributed by atoms with Crippen molar-refractivity contribution in [3.8, 4) is 11.5 Å². The summed E-state index contributed by atoms with van der Waals surface area (Å²) in [5.41, 5.74) is 10.2. The number of rotatable bonds is 6. The molecular weight excluding hydrogens is 406 g/mol. The van der Waals surface area contributed by atoms with Crippen LogP contribution >= 0.6 is 0 Å². The van der Waals surface area contributed by atoms with Gasteiger partial charge in [0.05, 0.1) is 37.5 Å². The summed E-state index contributed by atoms with van der Waals surface area (Å²) in [4.78, 5) is 29.2. The standard InChI is InChI=1S/C25H25N3O4/c1-31-20-11-10-15(13-21(20)32-2)12-16-6-5-8-18-23(25(30)27-14-22(26)29)17-7-3-4-9-19(17)28-24(16)18/h3-4,7,9-13H,5-6,8,14H2,1-2H3,(H2,26,29)(H,27,30)/b16-12+. The number of ether oxygens (including phenoxy) is 2. The van der Waals surface area contributed by atoms with Crippen molar-refractivity contribution in [2.24, 2.45) is 5.73 Å². The van der Waals surface area contributed by atoms with Crippen LogP contribution in [0, 0.1) is 0 Å². The van der Waals surface area contributed by atoms with Crippen LogP contribution < -0.4 is 20.5 Å². The average molecular weight is 431 g/mol. The SMILES string of the molecule is COc1ccc(/C=C2\CCCc3c2nc2ccccc2c3C(=O)NCC(N)=O)cc1OC. The van der Waals surface area contributed by atoms with Gasteiger partial charge in [-0.2, -0.15) is 0 Å². The van der Waals surface area contributed by atoms with Gasteiger partial charge in [0.25, 0.3) is 5.91 Å². The largest absolute Gasteiger partial charge is 0.493 e. The topological polar surface area (TPSA) is 104 Å². The first-order valence-electron chi connectivity index (χ1n) is 10.4. The zero-order valence-electron chi connectivity index (χ0n) is 18.1. The molecule has 164 valence electrons. The van der Waals surface area contributed by atoms with Crippen LogP contribution in [0.2, 0.25) is 0 Å². The highest BCUT2D eigenvalue weighted by molar-refractivity contribution is 6.09. The van der Waals surface area contributed by atoms with Gasteiger partial charge in [-0.3, -0.25) is 9.59 Å². The van der Waals surface area contributed by atoms with E-state index in [9.17, 15) is 9.59 Å². The molecule has 0 radical (unpaired) electrons. The van der Waals surface area contributed by atoms with Crippen molar-refractivity contribution >= 4 is 34.4 Å². The lowest BCUT2D eigenvalue weighted by atomic mass is 9.85. The third-order valence-electron chi connectivity index (χ3n) is 5.57. The lowest BCUT2D eigenvalue weighted by Crippen LogP contribution is -2.34. The Hall–Kier alpha value is -3.87. The van der Waals surface area contributed by atoms with Crippen molar-refractivity contribution in [3.05, 3.63) is 64.8 Å². The summed E-state index contributed by atoms with van der Waals surface area (Å²) >= 11 is 0. The van der Waals surface area contributed by atoms with E-state index in [0.717, 1.165) is 52.6 Å². The van der Waals surface area contributed by atoms with E-state index in [0.29, 0.717) is 17.1 Å². The van der Waals surface area contributed by atoms with E-state index >= 15 is 0 Å². The molecule has 0 unspecified atom stereocenters. The zero-order valence-corrected chi connectivity index (χ0v) is 18.1. The number of allylic oxidation sites excluding steroid dienone is 1. The van der Waals surface area contributed by atoms with E-state index in [1.807, 2.05) is 42.5 Å². The van der Waals surface area contributed by atoms with Crippen LogP contribution in [0.15, 0.2) is 42.5 Å². The summed E-state index contributed by atoms with van der Waals surface area (Å²) in [6, 6.07) is 13.3. The van der Waals surface area contributed by atoms with E-state index < -0.39 is 5.91 Å². The van der Waals surface area contributed by atoms with Gasteiger partial charge >= 0.3 is 0 Å². The predicted molar refractivity (Wildman–Crippen MR) is 124 cm³/mol. The van der Waals surface area contributed by atoms with Gasteiger partial charge in [0, 0.05) is 5.39 Å². The Balaban J connectivity index is 1.85. The Labute approximate surface area is 186 Å². The molecule has 3 N–H and O–H groups in total. The van der Waals surface area contributed by atoms with E-state index in [1.54, 1.807) is 14.2 Å². The second-order valence-electron chi connectivity index (χ2n) is 7.62. The highest BCUT2D eigenvalue weighted by Crippen LogP contribution is 2.37. The second kappa shape index (κ2) is 9.09. The van der Waals surface area contributed by atoms with Gasteiger partial charge in [0.15, 0.2) is 11.5 Å². The maximum atomic E-state index is 13.1. The van der Waals surface area contributed by atoms with Gasteiger partial charge in [-0.25, -0.2) is 4.98 Å². The van der Waals surface area contributed by atoms with Crippen molar-refractivity contribution in [3.63, 3.8) is 0 Å². The maximum absolute atomic E-state index is 13.1. The van der Waals surface area contributed by atoms with Crippen molar-refractivity contribution in [2.45, 2.75) is 19.3 Å². The fourth-order valence-corrected chi connectivity index (χ4v) is 4.13. The highest BCUT2D eigenvalue weighted by atomic mass is 16.5. The molecular formula is C25H25N3O4. The lowest BCUT2D eigenvalue weighted by molar-refractivity contribution is -0.117. The normalized spacial score (nSPS) is 14.1. The van der Waals surface area contributed by atoms with E-state index in [-0.39, 0.29) is 12.5 Å². The number of hydrogen-bond donors (Lipinski definition) is 2. The van der Waals surface area contributed by atoms with Crippen LogP contribution in [0.4, 0.5) is 0 Å². The summed E-state index contributed by atoms with van der Waals surface area (Å²) in [6.45, 7) is -0.210. The highest BCUT2D eigenvalue weighted by Gasteiger charge is 2.25. The lowest BCUT2D eigenvalue weighted by Gasteiger charge is -2.23. The minimum atomic E-state index is -0.584. The maximum Gasteiger partial charge on any atom is 0.252 e. The molecule has 2 amide bonds. The first-order chi connectivity index (χ1) is 15.5. The van der Waals surface area contributed by atoms with Crippen molar-refractivity contribution < 1.29 is 19.1 Å². The molecule has 0 spiro atoms. The molecule has 0 saturated carbocycles. The summed E-state index contributed by atoms with van der Waals surface area (Å²) < 4.78 is 10.8. The zero-order chi connectivity index (χ0) is 22.7. The molecule has 7 heteroatoms. The molecule has 0 bridgehead atoms. The number of hydrogen-bond acceptors (Lipinski definition) is 5. The fourth-order valence-electron chi connectivity index (χ4n) is 4.13. The molecule has 1 aliphatic rings. The van der Waals surface area contributed by atoms with Crippen LogP contribution in [-0.4, -0.2) is 37.6 Å². The Morgan fingerprint density at radius 1 is 1.09 bits per heavy atom. The third-order valence-corrected chi connectivity index (χ3v) is 5.57. The van der Waals surface area contributed by atoms with Crippen molar-refractivity contribution in [1.82, 2.24) is 10.3 Å². The Bertz CT molecular complexity index is 1230. The molecule has 3 aromatic rings. The minimum Gasteiger partial charge on any atom is -0.493 e. The molecule has 1 heterocycles. The molecule has 7 nitrogen and oxygen atoms in total. The van der Waals surface area contributed by atoms with Gasteiger partial charge in [-0.1, -0.05) is 24.3 Å². The molecule has 0 fully saturated rings. The predicted octanol–water partition coefficient (Wildman–Crippen LogP) is 3.34. The smallest absolute Gasteiger partial charge is 0.252 e. The number of carbonyl (C=O) groups is 2. The summed E-state index contributed by atoms with van der Waals surface area (Å²) in [5.74, 6) is 0.415. The van der Waals surface area contributed by atoms with Crippen LogP contribution in [-0.2, 0) is 11.2 Å². The number of carbonyl (C=O) groups excluding carboxylic acids is 2. The first kappa shape index (κ1) is 21.4. The third kappa shape index (κ3) is 4.14. The quantitative estimate of drug-likeness (QED) is 0.623. The number of pyridine rings is 1. The molecule has 0 aliphatic heterocycles. The van der Waals surface area contributed by atoms with Gasteiger partial charge in [0.1, 0.15) is 0 Å². The van der Waals surface area contributed by atoms with Gasteiger partial charge in [-0.05, 0) is 60.2 Å². The molecule has 4 rings (SSSR count). The van der Waals surface area contributed by atoms with Crippen LogP contribution in [0.25, 0.3) is 22.6 Å². The average Bonchev–Trinajstić information content (AvgIpc) is 2.81. The number of nitrogens with zero attached hydrogens (tertiary/aromatic N) is 1. The Morgan fingerprint density at radius 2 is 1.88 bits per heavy atom. The van der Waals surface area contributed by atoms with Gasteiger partial charge in [0.2, 0.25) is 5.91 Å². The molecule has 32 heavy (non-hydrogen) atoms. The number of fused-ring (bicyclic) bond motifs is 2. The molecule has 0 atom stereocenters. The van der Waals surface area contributed by atoms with Crippen LogP contribution in [0.1, 0.15) is 40.0 Å². The molecule has 0 saturated heterocycles. The van der Waals surface area contributed by atoms with E-state index in [2.05, 4.69) is 11.4 Å². The van der Waals surface area contributed by atoms with Gasteiger partial charge in [-0.15, -0.1) is 0 Å². The van der Waals surface area contributed by atoms with Crippen molar-refractivity contribution in [2.75, 3.05) is 20.8 Å². The minimum absolute atomic E-state index is 0.210. The van der Waals surface area contributed by atoms with Crippen LogP contribution in [0.3, 0.4) is 0 Å². The summed E-state index contributed by atoms with van der Waals surface area (Å²) in [7, 11) is 3.21. The molecule has 2 aromatic carbocycles. The van der Waals surface area contributed by atoms with Crippen molar-refractivity contribution in [1.29, 1.82) is 0 Å². The number of amides is 2. The molecule has 1 aromatic heterocycles. The first-order valence-corrected chi connectivity index (χ1v) is 10.4. The summed E-state index contributed by atoms with van der Waals surface area (Å²) in [5, 5.41) is 3.41. The number of benzene rings is 2. The number of primary amides is 1. The summed E-state index contributed by atoms with van der Waals surface area (Å²) in [6.07, 6.45) is 4.54. The second-order valence-corrected chi connectivity index (χ2v) is 7.62. The monoisotopic (exact) mass is 431 g/mol. The Morgan fingerprint density at radius 3 is 2.62 bits per heavy atom. The van der Waals surface area contributed by atoms with E-state index in [4.69, 9.17) is 20.2 Å². The number of aromatic nitrogens is 1.